The third-order valence-electron chi connectivity index (χ3n) is 3.26. The first-order valence-electron chi connectivity index (χ1n) is 6.90. The molecule has 0 atom stereocenters. The summed E-state index contributed by atoms with van der Waals surface area (Å²) in [6, 6.07) is 15.2. The van der Waals surface area contributed by atoms with Gasteiger partial charge >= 0.3 is 0 Å². The molecule has 0 bridgehead atoms. The SMILES string of the molecule is O=C(NNS(=O)(=O)c1ccccc1F)c1ccc2ccccc2n1. The Morgan fingerprint density at radius 1 is 0.958 bits per heavy atom. The van der Waals surface area contributed by atoms with Crippen molar-refractivity contribution in [2.45, 2.75) is 4.90 Å². The van der Waals surface area contributed by atoms with Crippen molar-refractivity contribution in [3.63, 3.8) is 0 Å². The molecule has 3 aromatic rings. The molecule has 24 heavy (non-hydrogen) atoms. The predicted molar refractivity (Wildman–Crippen MR) is 85.9 cm³/mol. The summed E-state index contributed by atoms with van der Waals surface area (Å²) < 4.78 is 37.6. The molecule has 3 rings (SSSR count). The van der Waals surface area contributed by atoms with E-state index in [4.69, 9.17) is 0 Å². The molecule has 0 radical (unpaired) electrons. The third-order valence-corrected chi connectivity index (χ3v) is 4.54. The summed E-state index contributed by atoms with van der Waals surface area (Å²) in [7, 11) is -4.22. The maximum absolute atomic E-state index is 13.6. The molecule has 1 amide bonds. The topological polar surface area (TPSA) is 88.2 Å². The quantitative estimate of drug-likeness (QED) is 0.708. The van der Waals surface area contributed by atoms with Gasteiger partial charge in [-0.25, -0.2) is 17.8 Å². The van der Waals surface area contributed by atoms with Crippen LogP contribution in [0, 0.1) is 5.82 Å². The Labute approximate surface area is 137 Å². The highest BCUT2D eigenvalue weighted by atomic mass is 32.2. The summed E-state index contributed by atoms with van der Waals surface area (Å²) in [5.74, 6) is -1.66. The van der Waals surface area contributed by atoms with Gasteiger partial charge in [-0.1, -0.05) is 36.4 Å². The number of para-hydroxylation sites is 1. The number of sulfonamides is 1. The second-order valence-corrected chi connectivity index (χ2v) is 6.53. The minimum Gasteiger partial charge on any atom is -0.272 e. The van der Waals surface area contributed by atoms with E-state index in [1.807, 2.05) is 22.4 Å². The number of carbonyl (C=O) groups is 1. The fourth-order valence-electron chi connectivity index (χ4n) is 2.09. The van der Waals surface area contributed by atoms with Crippen molar-refractivity contribution in [1.29, 1.82) is 0 Å². The second kappa shape index (κ2) is 6.34. The summed E-state index contributed by atoms with van der Waals surface area (Å²) in [5.41, 5.74) is 2.66. The summed E-state index contributed by atoms with van der Waals surface area (Å²) in [6.45, 7) is 0. The van der Waals surface area contributed by atoms with Gasteiger partial charge in [-0.3, -0.25) is 10.2 Å². The van der Waals surface area contributed by atoms with Crippen LogP contribution in [0.1, 0.15) is 10.5 Å². The van der Waals surface area contributed by atoms with Crippen LogP contribution in [-0.2, 0) is 10.0 Å². The Kier molecular flexibility index (Phi) is 4.24. The number of hydrazine groups is 1. The molecule has 2 aromatic carbocycles. The fourth-order valence-corrected chi connectivity index (χ4v) is 3.01. The second-order valence-electron chi connectivity index (χ2n) is 4.88. The maximum atomic E-state index is 13.6. The molecule has 0 aliphatic heterocycles. The van der Waals surface area contributed by atoms with Crippen LogP contribution in [0.3, 0.4) is 0 Å². The van der Waals surface area contributed by atoms with E-state index in [9.17, 15) is 17.6 Å². The van der Waals surface area contributed by atoms with Crippen molar-refractivity contribution >= 4 is 26.8 Å². The first kappa shape index (κ1) is 16.0. The Hall–Kier alpha value is -2.84. The van der Waals surface area contributed by atoms with Crippen LogP contribution in [0.4, 0.5) is 4.39 Å². The van der Waals surface area contributed by atoms with Crippen LogP contribution < -0.4 is 10.3 Å². The number of carbonyl (C=O) groups excluding carboxylic acids is 1. The molecule has 2 N–H and O–H groups in total. The highest BCUT2D eigenvalue weighted by Gasteiger charge is 2.19. The average Bonchev–Trinajstić information content (AvgIpc) is 2.59. The number of fused-ring (bicyclic) bond motifs is 1. The van der Waals surface area contributed by atoms with Gasteiger partial charge in [0.25, 0.3) is 15.9 Å². The number of hydrogen-bond donors (Lipinski definition) is 2. The van der Waals surface area contributed by atoms with Crippen LogP contribution >= 0.6 is 0 Å². The molecule has 6 nitrogen and oxygen atoms in total. The highest BCUT2D eigenvalue weighted by molar-refractivity contribution is 7.89. The zero-order valence-electron chi connectivity index (χ0n) is 12.2. The Morgan fingerprint density at radius 2 is 1.67 bits per heavy atom. The van der Waals surface area contributed by atoms with Crippen molar-refractivity contribution in [3.05, 3.63) is 72.2 Å². The normalized spacial score (nSPS) is 11.4. The van der Waals surface area contributed by atoms with Gasteiger partial charge in [0, 0.05) is 5.39 Å². The van der Waals surface area contributed by atoms with Crippen molar-refractivity contribution in [3.8, 4) is 0 Å². The number of aromatic nitrogens is 1. The van der Waals surface area contributed by atoms with Gasteiger partial charge in [-0.05, 0) is 24.3 Å². The lowest BCUT2D eigenvalue weighted by atomic mass is 10.2. The van der Waals surface area contributed by atoms with Crippen molar-refractivity contribution in [1.82, 2.24) is 15.2 Å². The maximum Gasteiger partial charge on any atom is 0.284 e. The summed E-state index contributed by atoms with van der Waals surface area (Å²) >= 11 is 0. The molecule has 0 unspecified atom stereocenters. The van der Waals surface area contributed by atoms with E-state index < -0.39 is 26.6 Å². The zero-order chi connectivity index (χ0) is 17.2. The van der Waals surface area contributed by atoms with E-state index in [-0.39, 0.29) is 5.69 Å². The van der Waals surface area contributed by atoms with Gasteiger partial charge in [0.2, 0.25) is 0 Å². The van der Waals surface area contributed by atoms with Crippen LogP contribution in [0.15, 0.2) is 65.6 Å². The molecule has 0 saturated heterocycles. The number of pyridine rings is 1. The number of benzene rings is 2. The third kappa shape index (κ3) is 3.24. The fraction of sp³-hybridized carbons (Fsp3) is 0. The van der Waals surface area contributed by atoms with Gasteiger partial charge in [-0.15, -0.1) is 4.83 Å². The molecule has 0 spiro atoms. The molecule has 0 aliphatic rings. The minimum atomic E-state index is -4.22. The molecule has 1 heterocycles. The summed E-state index contributed by atoms with van der Waals surface area (Å²) in [6.07, 6.45) is 0. The highest BCUT2D eigenvalue weighted by Crippen LogP contribution is 2.13. The number of nitrogens with one attached hydrogen (secondary N) is 2. The average molecular weight is 345 g/mol. The number of nitrogens with zero attached hydrogens (tertiary/aromatic N) is 1. The molecule has 122 valence electrons. The molecule has 8 heteroatoms. The van der Waals surface area contributed by atoms with Gasteiger partial charge in [0.15, 0.2) is 0 Å². The van der Waals surface area contributed by atoms with Crippen molar-refractivity contribution in [2.24, 2.45) is 0 Å². The molecule has 0 aliphatic carbocycles. The molecule has 1 aromatic heterocycles. The molecule has 0 fully saturated rings. The smallest absolute Gasteiger partial charge is 0.272 e. The first-order chi connectivity index (χ1) is 11.5. The van der Waals surface area contributed by atoms with E-state index in [1.54, 1.807) is 18.2 Å². The Bertz CT molecular complexity index is 1020. The van der Waals surface area contributed by atoms with Crippen LogP contribution in [0.2, 0.25) is 0 Å². The number of rotatable bonds is 4. The van der Waals surface area contributed by atoms with Crippen LogP contribution in [-0.4, -0.2) is 19.3 Å². The van der Waals surface area contributed by atoms with E-state index in [0.717, 1.165) is 17.5 Å². The largest absolute Gasteiger partial charge is 0.284 e. The lowest BCUT2D eigenvalue weighted by molar-refractivity contribution is 0.0940. The van der Waals surface area contributed by atoms with Gasteiger partial charge < -0.3 is 0 Å². The van der Waals surface area contributed by atoms with E-state index in [1.165, 1.54) is 18.2 Å². The Balaban J connectivity index is 1.78. The van der Waals surface area contributed by atoms with Crippen LogP contribution in [0.5, 0.6) is 0 Å². The monoisotopic (exact) mass is 345 g/mol. The number of halogens is 1. The van der Waals surface area contributed by atoms with Crippen LogP contribution in [0.25, 0.3) is 10.9 Å². The standard InChI is InChI=1S/C16H12FN3O3S/c17-12-6-2-4-8-15(12)24(22,23)20-19-16(21)14-10-9-11-5-1-3-7-13(11)18-14/h1-10,20H,(H,19,21). The Morgan fingerprint density at radius 3 is 2.46 bits per heavy atom. The summed E-state index contributed by atoms with van der Waals surface area (Å²) in [4.78, 5) is 17.5. The van der Waals surface area contributed by atoms with Gasteiger partial charge in [0.1, 0.15) is 16.4 Å². The van der Waals surface area contributed by atoms with E-state index >= 15 is 0 Å². The zero-order valence-corrected chi connectivity index (χ0v) is 13.0. The lowest BCUT2D eigenvalue weighted by Gasteiger charge is -2.09. The van der Waals surface area contributed by atoms with Gasteiger partial charge in [-0.2, -0.15) is 0 Å². The number of amides is 1. The van der Waals surface area contributed by atoms with Crippen molar-refractivity contribution < 1.29 is 17.6 Å². The van der Waals surface area contributed by atoms with Crippen molar-refractivity contribution in [2.75, 3.05) is 0 Å². The van der Waals surface area contributed by atoms with E-state index in [2.05, 4.69) is 4.98 Å². The minimum absolute atomic E-state index is 0.0323. The summed E-state index contributed by atoms with van der Waals surface area (Å²) in [5, 5.41) is 0.848. The first-order valence-corrected chi connectivity index (χ1v) is 8.38. The molecular weight excluding hydrogens is 333 g/mol. The van der Waals surface area contributed by atoms with Gasteiger partial charge in [0.05, 0.1) is 5.52 Å². The number of hydrogen-bond acceptors (Lipinski definition) is 4. The molecular formula is C16H12FN3O3S. The lowest BCUT2D eigenvalue weighted by Crippen LogP contribution is -2.42. The predicted octanol–water partition coefficient (Wildman–Crippen LogP) is 2.00. The molecule has 0 saturated carbocycles. The van der Waals surface area contributed by atoms with E-state index in [0.29, 0.717) is 5.52 Å².